The van der Waals surface area contributed by atoms with Crippen molar-refractivity contribution >= 4 is 29.2 Å². The van der Waals surface area contributed by atoms with Crippen molar-refractivity contribution in [1.29, 1.82) is 0 Å². The summed E-state index contributed by atoms with van der Waals surface area (Å²) in [6, 6.07) is 19.4. The molecule has 1 aliphatic heterocycles. The molecule has 0 N–H and O–H groups in total. The molecule has 0 saturated heterocycles. The molecule has 7 heteroatoms. The number of carbonyl (C=O) groups is 1. The van der Waals surface area contributed by atoms with Crippen LogP contribution in [0.4, 0.5) is 0 Å². The third-order valence-electron chi connectivity index (χ3n) is 7.82. The molecule has 2 aromatic carbocycles. The first-order valence-corrected chi connectivity index (χ1v) is 12.9. The Kier molecular flexibility index (Phi) is 7.11. The number of hydrogen-bond acceptors (Lipinski definition) is 3. The van der Waals surface area contributed by atoms with E-state index in [0.717, 1.165) is 48.0 Å². The molecular weight excluding hydrogens is 486 g/mol. The molecule has 1 saturated carbocycles. The lowest BCUT2D eigenvalue weighted by molar-refractivity contribution is -0.136. The molecule has 0 spiro atoms. The first kappa shape index (κ1) is 25.2. The van der Waals surface area contributed by atoms with Crippen LogP contribution in [0.5, 0.6) is 5.75 Å². The monoisotopic (exact) mass is 517 g/mol. The summed E-state index contributed by atoms with van der Waals surface area (Å²) in [6.45, 7) is 1.88. The van der Waals surface area contributed by atoms with Gasteiger partial charge in [-0.25, -0.2) is 0 Å². The van der Waals surface area contributed by atoms with Crippen molar-refractivity contribution in [3.05, 3.63) is 94.0 Å². The minimum atomic E-state index is -0.132. The molecule has 3 heterocycles. The Hall–Kier alpha value is -3.51. The summed E-state index contributed by atoms with van der Waals surface area (Å²) in [4.78, 5) is 28.1. The van der Waals surface area contributed by atoms with E-state index >= 15 is 0 Å². The van der Waals surface area contributed by atoms with E-state index in [2.05, 4.69) is 28.6 Å². The average Bonchev–Trinajstić information content (AvgIpc) is 3.55. The molecule has 1 aliphatic carbocycles. The Morgan fingerprint density at radius 3 is 2.57 bits per heavy atom. The second-order valence-corrected chi connectivity index (χ2v) is 10.0. The maximum Gasteiger partial charge on any atom is 0.258 e. The lowest BCUT2D eigenvalue weighted by atomic mass is 10.0. The molecule has 2 aromatic heterocycles. The summed E-state index contributed by atoms with van der Waals surface area (Å²) in [5.41, 5.74) is 5.36. The molecule has 1 fully saturated rings. The van der Waals surface area contributed by atoms with Crippen LogP contribution in [0.3, 0.4) is 0 Å². The zero-order valence-corrected chi connectivity index (χ0v) is 21.9. The first-order chi connectivity index (χ1) is 17.6. The largest absolute Gasteiger partial charge is 0.489 e. The van der Waals surface area contributed by atoms with Gasteiger partial charge < -0.3 is 14.2 Å². The number of rotatable bonds is 5. The van der Waals surface area contributed by atoms with Gasteiger partial charge in [0.25, 0.3) is 5.56 Å². The fraction of sp³-hybridized carbons (Fsp3) is 0.333. The highest BCUT2D eigenvalue weighted by molar-refractivity contribution is 5.88. The van der Waals surface area contributed by atoms with E-state index in [4.69, 9.17) is 4.74 Å². The number of halogens is 1. The molecule has 192 valence electrons. The number of amides is 1. The van der Waals surface area contributed by atoms with Crippen molar-refractivity contribution in [1.82, 2.24) is 14.0 Å². The molecule has 0 unspecified atom stereocenters. The number of aromatic nitrogens is 2. The maximum atomic E-state index is 13.1. The molecule has 1 amide bonds. The van der Waals surface area contributed by atoms with Gasteiger partial charge in [0.1, 0.15) is 12.4 Å². The predicted octanol–water partition coefficient (Wildman–Crippen LogP) is 5.40. The maximum absolute atomic E-state index is 13.1. The van der Waals surface area contributed by atoms with Gasteiger partial charge in [0.15, 0.2) is 0 Å². The van der Waals surface area contributed by atoms with E-state index in [1.807, 2.05) is 42.5 Å². The standard InChI is InChI=1S/C30H31N3O3.ClH/c1-31-27-14-15-32(30(35)22-9-5-6-10-22)19-26(27)25-12-11-23(17-28(25)31)33-16-13-24(18-29(33)34)36-20-21-7-3-2-4-8-21;/h2-4,7-8,11-13,16-18,22H,5-6,9-10,14-15,19-20H2,1H3;1H. The summed E-state index contributed by atoms with van der Waals surface area (Å²) in [5.74, 6) is 1.09. The summed E-state index contributed by atoms with van der Waals surface area (Å²) in [6.07, 6.45) is 7.05. The predicted molar refractivity (Wildman–Crippen MR) is 148 cm³/mol. The number of carbonyl (C=O) groups excluding carboxylic acids is 1. The van der Waals surface area contributed by atoms with Gasteiger partial charge in [0.05, 0.1) is 11.2 Å². The van der Waals surface area contributed by atoms with Crippen molar-refractivity contribution in [2.75, 3.05) is 6.54 Å². The van der Waals surface area contributed by atoms with Crippen LogP contribution < -0.4 is 10.3 Å². The topological polar surface area (TPSA) is 56.5 Å². The van der Waals surface area contributed by atoms with Crippen molar-refractivity contribution < 1.29 is 9.53 Å². The van der Waals surface area contributed by atoms with Crippen LogP contribution in [0.1, 0.15) is 42.5 Å². The van der Waals surface area contributed by atoms with Gasteiger partial charge in [-0.2, -0.15) is 0 Å². The van der Waals surface area contributed by atoms with E-state index in [-0.39, 0.29) is 23.9 Å². The highest BCUT2D eigenvalue weighted by Gasteiger charge is 2.31. The Bertz CT molecular complexity index is 1490. The lowest BCUT2D eigenvalue weighted by Gasteiger charge is -2.30. The Morgan fingerprint density at radius 2 is 1.81 bits per heavy atom. The van der Waals surface area contributed by atoms with Gasteiger partial charge in [-0.3, -0.25) is 14.2 Å². The van der Waals surface area contributed by atoms with E-state index < -0.39 is 0 Å². The zero-order chi connectivity index (χ0) is 24.6. The summed E-state index contributed by atoms with van der Waals surface area (Å²) in [5, 5.41) is 1.16. The number of pyridine rings is 1. The zero-order valence-electron chi connectivity index (χ0n) is 21.1. The Balaban J connectivity index is 0.00000280. The normalized spacial score (nSPS) is 15.4. The number of benzene rings is 2. The number of nitrogens with zero attached hydrogens (tertiary/aromatic N) is 3. The van der Waals surface area contributed by atoms with Gasteiger partial charge in [0, 0.05) is 61.4 Å². The van der Waals surface area contributed by atoms with Crippen LogP contribution in [0, 0.1) is 5.92 Å². The summed E-state index contributed by atoms with van der Waals surface area (Å²) in [7, 11) is 2.09. The third kappa shape index (κ3) is 4.78. The van der Waals surface area contributed by atoms with Crippen LogP contribution in [0.25, 0.3) is 16.6 Å². The van der Waals surface area contributed by atoms with Gasteiger partial charge in [-0.15, -0.1) is 12.4 Å². The van der Waals surface area contributed by atoms with Crippen molar-refractivity contribution in [2.45, 2.75) is 45.3 Å². The van der Waals surface area contributed by atoms with Gasteiger partial charge in [0.2, 0.25) is 5.91 Å². The first-order valence-electron chi connectivity index (χ1n) is 12.9. The van der Waals surface area contributed by atoms with E-state index in [1.54, 1.807) is 10.8 Å². The van der Waals surface area contributed by atoms with Gasteiger partial charge in [-0.05, 0) is 36.6 Å². The second kappa shape index (κ2) is 10.5. The molecule has 6 nitrogen and oxygen atoms in total. The number of aryl methyl sites for hydroxylation is 1. The summed E-state index contributed by atoms with van der Waals surface area (Å²) >= 11 is 0. The second-order valence-electron chi connectivity index (χ2n) is 10.0. The van der Waals surface area contributed by atoms with E-state index in [9.17, 15) is 9.59 Å². The molecular formula is C30H32ClN3O3. The molecule has 0 atom stereocenters. The van der Waals surface area contributed by atoms with Gasteiger partial charge in [-0.1, -0.05) is 49.2 Å². The minimum absolute atomic E-state index is 0. The number of hydrogen-bond donors (Lipinski definition) is 0. The average molecular weight is 518 g/mol. The van der Waals surface area contributed by atoms with Crippen molar-refractivity contribution in [3.63, 3.8) is 0 Å². The molecule has 0 bridgehead atoms. The van der Waals surface area contributed by atoms with E-state index in [1.165, 1.54) is 30.2 Å². The van der Waals surface area contributed by atoms with Crippen molar-refractivity contribution in [3.8, 4) is 11.4 Å². The smallest absolute Gasteiger partial charge is 0.258 e. The van der Waals surface area contributed by atoms with Crippen LogP contribution >= 0.6 is 12.4 Å². The Morgan fingerprint density at radius 1 is 1.03 bits per heavy atom. The summed E-state index contributed by atoms with van der Waals surface area (Å²) < 4.78 is 9.70. The fourth-order valence-corrected chi connectivity index (χ4v) is 5.84. The molecule has 6 rings (SSSR count). The highest BCUT2D eigenvalue weighted by Crippen LogP contribution is 2.34. The number of ether oxygens (including phenoxy) is 1. The van der Waals surface area contributed by atoms with Crippen molar-refractivity contribution in [2.24, 2.45) is 13.0 Å². The van der Waals surface area contributed by atoms with Gasteiger partial charge >= 0.3 is 0 Å². The fourth-order valence-electron chi connectivity index (χ4n) is 5.84. The van der Waals surface area contributed by atoms with Crippen LogP contribution in [-0.2, 0) is 31.4 Å². The SMILES string of the molecule is Cl.Cn1c2c(c3ccc(-n4ccc(OCc5ccccc5)cc4=O)cc31)CN(C(=O)C1CCCC1)CC2. The highest BCUT2D eigenvalue weighted by atomic mass is 35.5. The minimum Gasteiger partial charge on any atom is -0.489 e. The molecule has 0 radical (unpaired) electrons. The van der Waals surface area contributed by atoms with Crippen LogP contribution in [0.15, 0.2) is 71.7 Å². The van der Waals surface area contributed by atoms with Crippen LogP contribution in [0.2, 0.25) is 0 Å². The number of fused-ring (bicyclic) bond motifs is 3. The van der Waals surface area contributed by atoms with E-state index in [0.29, 0.717) is 24.8 Å². The van der Waals surface area contributed by atoms with Crippen LogP contribution in [-0.4, -0.2) is 26.5 Å². The molecule has 4 aromatic rings. The third-order valence-corrected chi connectivity index (χ3v) is 7.82. The Labute approximate surface area is 222 Å². The molecule has 37 heavy (non-hydrogen) atoms. The molecule has 2 aliphatic rings. The lowest BCUT2D eigenvalue weighted by Crippen LogP contribution is -2.39. The quantitative estimate of drug-likeness (QED) is 0.356.